The lowest BCUT2D eigenvalue weighted by atomic mass is 9.87. The third-order valence-electron chi connectivity index (χ3n) is 3.08. The molecule has 0 aliphatic heterocycles. The molecule has 0 aromatic heterocycles. The molecule has 0 aromatic carbocycles. The highest BCUT2D eigenvalue weighted by atomic mass is 16.1. The molecule has 0 radical (unpaired) electrons. The Bertz CT molecular complexity index is 177. The minimum absolute atomic E-state index is 0.0981. The van der Waals surface area contributed by atoms with Crippen LogP contribution in [0.2, 0.25) is 0 Å². The molecule has 0 heterocycles. The summed E-state index contributed by atoms with van der Waals surface area (Å²) >= 11 is 0. The van der Waals surface area contributed by atoms with Crippen molar-refractivity contribution in [1.82, 2.24) is 0 Å². The Hall–Kier alpha value is -0.530. The van der Waals surface area contributed by atoms with Crippen molar-refractivity contribution in [3.05, 3.63) is 0 Å². The van der Waals surface area contributed by atoms with E-state index < -0.39 is 0 Å². The van der Waals surface area contributed by atoms with Gasteiger partial charge >= 0.3 is 0 Å². The van der Waals surface area contributed by atoms with Crippen LogP contribution in [0.15, 0.2) is 0 Å². The number of nitrogens with two attached hydrogens (primary N) is 1. The summed E-state index contributed by atoms with van der Waals surface area (Å²) in [5.74, 6) is 2.07. The zero-order valence-corrected chi connectivity index (χ0v) is 8.21. The first-order valence-corrected chi connectivity index (χ1v) is 4.87. The fourth-order valence-electron chi connectivity index (χ4n) is 2.28. The SMILES string of the molecule is CCC(C(C)C)C1CC1C(N)=O. The van der Waals surface area contributed by atoms with Crippen LogP contribution in [0.25, 0.3) is 0 Å². The number of primary amides is 1. The fourth-order valence-corrected chi connectivity index (χ4v) is 2.28. The molecule has 2 N–H and O–H groups in total. The second-order valence-electron chi connectivity index (χ2n) is 4.22. The number of carbonyl (C=O) groups is 1. The Kier molecular flexibility index (Phi) is 2.76. The first-order chi connectivity index (χ1) is 5.57. The summed E-state index contributed by atoms with van der Waals surface area (Å²) < 4.78 is 0. The zero-order valence-electron chi connectivity index (χ0n) is 8.21. The summed E-state index contributed by atoms with van der Waals surface area (Å²) in [5.41, 5.74) is 5.24. The summed E-state index contributed by atoms with van der Waals surface area (Å²) in [6.07, 6.45) is 2.21. The zero-order chi connectivity index (χ0) is 9.30. The van der Waals surface area contributed by atoms with Crippen molar-refractivity contribution in [2.45, 2.75) is 33.6 Å². The molecule has 0 saturated heterocycles. The molecule has 12 heavy (non-hydrogen) atoms. The van der Waals surface area contributed by atoms with Crippen molar-refractivity contribution in [2.24, 2.45) is 29.4 Å². The van der Waals surface area contributed by atoms with Gasteiger partial charge in [0.15, 0.2) is 0 Å². The molecule has 1 amide bonds. The summed E-state index contributed by atoms with van der Waals surface area (Å²) in [6.45, 7) is 6.65. The molecule has 2 nitrogen and oxygen atoms in total. The molecule has 0 bridgehead atoms. The van der Waals surface area contributed by atoms with Crippen LogP contribution in [0.1, 0.15) is 33.6 Å². The average Bonchev–Trinajstić information content (AvgIpc) is 2.68. The number of amides is 1. The lowest BCUT2D eigenvalue weighted by Gasteiger charge is -2.18. The molecule has 70 valence electrons. The van der Waals surface area contributed by atoms with E-state index in [-0.39, 0.29) is 11.8 Å². The highest BCUT2D eigenvalue weighted by Crippen LogP contribution is 2.47. The molecule has 0 aromatic rings. The van der Waals surface area contributed by atoms with E-state index in [0.717, 1.165) is 6.42 Å². The van der Waals surface area contributed by atoms with Crippen molar-refractivity contribution < 1.29 is 4.79 Å². The summed E-state index contributed by atoms with van der Waals surface area (Å²) in [7, 11) is 0. The smallest absolute Gasteiger partial charge is 0.220 e. The molecular weight excluding hydrogens is 150 g/mol. The third-order valence-corrected chi connectivity index (χ3v) is 3.08. The Morgan fingerprint density at radius 3 is 2.42 bits per heavy atom. The van der Waals surface area contributed by atoms with Crippen molar-refractivity contribution >= 4 is 5.91 Å². The Balaban J connectivity index is 2.44. The van der Waals surface area contributed by atoms with Gasteiger partial charge in [0, 0.05) is 5.92 Å². The quantitative estimate of drug-likeness (QED) is 0.685. The van der Waals surface area contributed by atoms with Crippen LogP contribution in [0.3, 0.4) is 0 Å². The van der Waals surface area contributed by atoms with Crippen molar-refractivity contribution in [1.29, 1.82) is 0 Å². The monoisotopic (exact) mass is 169 g/mol. The number of rotatable bonds is 4. The van der Waals surface area contributed by atoms with Gasteiger partial charge < -0.3 is 5.73 Å². The minimum Gasteiger partial charge on any atom is -0.369 e. The van der Waals surface area contributed by atoms with Crippen LogP contribution >= 0.6 is 0 Å². The topological polar surface area (TPSA) is 43.1 Å². The molecule has 1 rings (SSSR count). The van der Waals surface area contributed by atoms with Gasteiger partial charge in [-0.15, -0.1) is 0 Å². The van der Waals surface area contributed by atoms with E-state index in [4.69, 9.17) is 5.73 Å². The minimum atomic E-state index is -0.0981. The van der Waals surface area contributed by atoms with E-state index in [1.165, 1.54) is 6.42 Å². The van der Waals surface area contributed by atoms with Gasteiger partial charge in [-0.3, -0.25) is 4.79 Å². The van der Waals surface area contributed by atoms with Crippen LogP contribution in [-0.2, 0) is 4.79 Å². The standard InChI is InChI=1S/C10H19NO/c1-4-7(6(2)3)8-5-9(8)10(11)12/h6-9H,4-5H2,1-3H3,(H2,11,12). The van der Waals surface area contributed by atoms with Crippen LogP contribution in [-0.4, -0.2) is 5.91 Å². The molecule has 0 spiro atoms. The summed E-state index contributed by atoms with van der Waals surface area (Å²) in [6, 6.07) is 0. The number of hydrogen-bond donors (Lipinski definition) is 1. The van der Waals surface area contributed by atoms with E-state index in [0.29, 0.717) is 17.8 Å². The van der Waals surface area contributed by atoms with E-state index in [1.54, 1.807) is 0 Å². The average molecular weight is 169 g/mol. The molecule has 3 atom stereocenters. The lowest BCUT2D eigenvalue weighted by molar-refractivity contribution is -0.119. The third kappa shape index (κ3) is 1.79. The Morgan fingerprint density at radius 1 is 1.58 bits per heavy atom. The first-order valence-electron chi connectivity index (χ1n) is 4.87. The maximum absolute atomic E-state index is 10.8. The summed E-state index contributed by atoms with van der Waals surface area (Å²) in [5, 5.41) is 0. The second-order valence-corrected chi connectivity index (χ2v) is 4.22. The first kappa shape index (κ1) is 9.56. The van der Waals surface area contributed by atoms with Gasteiger partial charge in [-0.2, -0.15) is 0 Å². The van der Waals surface area contributed by atoms with E-state index in [1.807, 2.05) is 0 Å². The van der Waals surface area contributed by atoms with Gasteiger partial charge in [0.2, 0.25) is 5.91 Å². The maximum atomic E-state index is 10.8. The molecule has 2 heteroatoms. The predicted molar refractivity (Wildman–Crippen MR) is 49.4 cm³/mol. The van der Waals surface area contributed by atoms with E-state index in [2.05, 4.69) is 20.8 Å². The highest BCUT2D eigenvalue weighted by molar-refractivity contribution is 5.79. The fraction of sp³-hybridized carbons (Fsp3) is 0.900. The maximum Gasteiger partial charge on any atom is 0.220 e. The van der Waals surface area contributed by atoms with Gasteiger partial charge in [0.25, 0.3) is 0 Å². The number of carbonyl (C=O) groups excluding carboxylic acids is 1. The van der Waals surface area contributed by atoms with Crippen molar-refractivity contribution in [3.63, 3.8) is 0 Å². The van der Waals surface area contributed by atoms with Crippen LogP contribution in [0.5, 0.6) is 0 Å². The lowest BCUT2D eigenvalue weighted by Crippen LogP contribution is -2.18. The van der Waals surface area contributed by atoms with Crippen LogP contribution < -0.4 is 5.73 Å². The number of hydrogen-bond acceptors (Lipinski definition) is 1. The normalized spacial score (nSPS) is 30.3. The van der Waals surface area contributed by atoms with Crippen LogP contribution in [0.4, 0.5) is 0 Å². The van der Waals surface area contributed by atoms with Gasteiger partial charge in [-0.05, 0) is 24.2 Å². The Morgan fingerprint density at radius 2 is 2.17 bits per heavy atom. The predicted octanol–water partition coefficient (Wildman–Crippen LogP) is 1.79. The van der Waals surface area contributed by atoms with Gasteiger partial charge in [-0.1, -0.05) is 27.2 Å². The molecule has 1 aliphatic rings. The van der Waals surface area contributed by atoms with E-state index in [9.17, 15) is 4.79 Å². The molecule has 1 saturated carbocycles. The molecule has 1 fully saturated rings. The van der Waals surface area contributed by atoms with Gasteiger partial charge in [0.1, 0.15) is 0 Å². The van der Waals surface area contributed by atoms with Crippen LogP contribution in [0, 0.1) is 23.7 Å². The molecular formula is C10H19NO. The van der Waals surface area contributed by atoms with Gasteiger partial charge in [-0.25, -0.2) is 0 Å². The van der Waals surface area contributed by atoms with E-state index >= 15 is 0 Å². The molecule has 3 unspecified atom stereocenters. The molecule has 1 aliphatic carbocycles. The second kappa shape index (κ2) is 3.46. The van der Waals surface area contributed by atoms with Crippen molar-refractivity contribution in [3.8, 4) is 0 Å². The Labute approximate surface area is 74.5 Å². The summed E-state index contributed by atoms with van der Waals surface area (Å²) in [4.78, 5) is 10.8. The largest absolute Gasteiger partial charge is 0.369 e. The highest BCUT2D eigenvalue weighted by Gasteiger charge is 2.46. The van der Waals surface area contributed by atoms with Crippen molar-refractivity contribution in [2.75, 3.05) is 0 Å². The van der Waals surface area contributed by atoms with Gasteiger partial charge in [0.05, 0.1) is 0 Å².